The van der Waals surface area contributed by atoms with Crippen LogP contribution in [0.4, 0.5) is 0 Å². The topological polar surface area (TPSA) is 50.2 Å². The van der Waals surface area contributed by atoms with Crippen molar-refractivity contribution >= 4 is 5.91 Å². The van der Waals surface area contributed by atoms with Gasteiger partial charge in [-0.2, -0.15) is 0 Å². The van der Waals surface area contributed by atoms with E-state index in [0.29, 0.717) is 6.04 Å². The average Bonchev–Trinajstić information content (AvgIpc) is 2.91. The smallest absolute Gasteiger partial charge is 0.219 e. The van der Waals surface area contributed by atoms with Crippen LogP contribution in [0.15, 0.2) is 12.4 Å². The fraction of sp³-hybridized carbons (Fsp3) is 0.667. The summed E-state index contributed by atoms with van der Waals surface area (Å²) in [5, 5.41) is 3.30. The molecule has 0 aromatic carbocycles. The van der Waals surface area contributed by atoms with Crippen LogP contribution in [0.5, 0.6) is 0 Å². The van der Waals surface area contributed by atoms with Gasteiger partial charge in [0.25, 0.3) is 0 Å². The van der Waals surface area contributed by atoms with Crippen LogP contribution in [0.2, 0.25) is 0 Å². The molecule has 1 aromatic heterocycles. The molecular formula is C12H20N4O. The molecule has 5 nitrogen and oxygen atoms in total. The number of hydrogen-bond acceptors (Lipinski definition) is 3. The zero-order valence-corrected chi connectivity index (χ0v) is 10.5. The summed E-state index contributed by atoms with van der Waals surface area (Å²) < 4.78 is 2.08. The lowest BCUT2D eigenvalue weighted by Crippen LogP contribution is -2.42. The Hall–Kier alpha value is -1.36. The molecule has 17 heavy (non-hydrogen) atoms. The first kappa shape index (κ1) is 12.1. The summed E-state index contributed by atoms with van der Waals surface area (Å²) in [5.41, 5.74) is 0. The van der Waals surface area contributed by atoms with Gasteiger partial charge in [-0.15, -0.1) is 0 Å². The largest absolute Gasteiger partial charge is 0.337 e. The molecule has 1 fully saturated rings. The van der Waals surface area contributed by atoms with Crippen LogP contribution in [-0.2, 0) is 11.3 Å². The van der Waals surface area contributed by atoms with Gasteiger partial charge in [0, 0.05) is 45.0 Å². The van der Waals surface area contributed by atoms with E-state index in [-0.39, 0.29) is 5.91 Å². The molecule has 0 saturated carbocycles. The zero-order valence-electron chi connectivity index (χ0n) is 10.5. The molecule has 1 aliphatic heterocycles. The molecule has 1 amide bonds. The second-order valence-electron chi connectivity index (χ2n) is 4.53. The molecule has 1 aliphatic rings. The van der Waals surface area contributed by atoms with Crippen molar-refractivity contribution in [3.63, 3.8) is 0 Å². The lowest BCUT2D eigenvalue weighted by Gasteiger charge is -2.27. The van der Waals surface area contributed by atoms with Gasteiger partial charge in [0.05, 0.1) is 0 Å². The molecule has 5 heteroatoms. The second kappa shape index (κ2) is 5.31. The Morgan fingerprint density at radius 1 is 1.71 bits per heavy atom. The molecule has 2 rings (SSSR count). The molecule has 1 saturated heterocycles. The molecule has 1 aromatic rings. The predicted molar refractivity (Wildman–Crippen MR) is 65.6 cm³/mol. The van der Waals surface area contributed by atoms with E-state index >= 15 is 0 Å². The van der Waals surface area contributed by atoms with Crippen molar-refractivity contribution in [3.05, 3.63) is 18.2 Å². The van der Waals surface area contributed by atoms with Crippen molar-refractivity contribution < 1.29 is 4.79 Å². The van der Waals surface area contributed by atoms with E-state index in [4.69, 9.17) is 0 Å². The van der Waals surface area contributed by atoms with Crippen molar-refractivity contribution in [2.45, 2.75) is 32.9 Å². The Labute approximate surface area is 102 Å². The van der Waals surface area contributed by atoms with Gasteiger partial charge < -0.3 is 14.8 Å². The summed E-state index contributed by atoms with van der Waals surface area (Å²) in [4.78, 5) is 17.8. The SMILES string of the molecule is CC(=O)N(CCn1ccnc1C)C1CCNC1. The Morgan fingerprint density at radius 3 is 3.06 bits per heavy atom. The third kappa shape index (κ3) is 2.85. The lowest BCUT2D eigenvalue weighted by atomic mass is 10.2. The molecule has 0 bridgehead atoms. The van der Waals surface area contributed by atoms with Gasteiger partial charge in [-0.25, -0.2) is 4.98 Å². The number of rotatable bonds is 4. The Kier molecular flexibility index (Phi) is 3.78. The van der Waals surface area contributed by atoms with Crippen LogP contribution in [0.3, 0.4) is 0 Å². The van der Waals surface area contributed by atoms with Crippen LogP contribution < -0.4 is 5.32 Å². The first-order valence-electron chi connectivity index (χ1n) is 6.14. The first-order valence-corrected chi connectivity index (χ1v) is 6.14. The minimum absolute atomic E-state index is 0.163. The number of amides is 1. The highest BCUT2D eigenvalue weighted by atomic mass is 16.2. The van der Waals surface area contributed by atoms with Gasteiger partial charge >= 0.3 is 0 Å². The second-order valence-corrected chi connectivity index (χ2v) is 4.53. The lowest BCUT2D eigenvalue weighted by molar-refractivity contribution is -0.130. The molecule has 0 aliphatic carbocycles. The quantitative estimate of drug-likeness (QED) is 0.823. The van der Waals surface area contributed by atoms with Gasteiger partial charge in [0.1, 0.15) is 5.82 Å². The maximum absolute atomic E-state index is 11.6. The molecule has 1 atom stereocenters. The Balaban J connectivity index is 1.94. The van der Waals surface area contributed by atoms with E-state index in [1.165, 1.54) is 0 Å². The van der Waals surface area contributed by atoms with E-state index in [2.05, 4.69) is 14.9 Å². The molecule has 94 valence electrons. The van der Waals surface area contributed by atoms with Crippen molar-refractivity contribution in [1.29, 1.82) is 0 Å². The Morgan fingerprint density at radius 2 is 2.53 bits per heavy atom. The van der Waals surface area contributed by atoms with Crippen LogP contribution in [0, 0.1) is 6.92 Å². The number of carbonyl (C=O) groups is 1. The first-order chi connectivity index (χ1) is 8.18. The number of carbonyl (C=O) groups excluding carboxylic acids is 1. The summed E-state index contributed by atoms with van der Waals surface area (Å²) in [6.07, 6.45) is 4.81. The number of nitrogens with zero attached hydrogens (tertiary/aromatic N) is 3. The number of aromatic nitrogens is 2. The van der Waals surface area contributed by atoms with Crippen LogP contribution in [-0.4, -0.2) is 46.0 Å². The fourth-order valence-corrected chi connectivity index (χ4v) is 2.36. The zero-order chi connectivity index (χ0) is 12.3. The van der Waals surface area contributed by atoms with Gasteiger partial charge in [0.15, 0.2) is 0 Å². The fourth-order valence-electron chi connectivity index (χ4n) is 2.36. The van der Waals surface area contributed by atoms with Crippen molar-refractivity contribution in [2.75, 3.05) is 19.6 Å². The average molecular weight is 236 g/mol. The molecule has 2 heterocycles. The maximum atomic E-state index is 11.6. The highest BCUT2D eigenvalue weighted by molar-refractivity contribution is 5.73. The predicted octanol–water partition coefficient (Wildman–Crippen LogP) is 0.402. The van der Waals surface area contributed by atoms with Crippen molar-refractivity contribution in [2.24, 2.45) is 0 Å². The summed E-state index contributed by atoms with van der Waals surface area (Å²) in [7, 11) is 0. The maximum Gasteiger partial charge on any atom is 0.219 e. The number of aryl methyl sites for hydroxylation is 1. The number of nitrogens with one attached hydrogen (secondary N) is 1. The van der Waals surface area contributed by atoms with E-state index < -0.39 is 0 Å². The molecular weight excluding hydrogens is 216 g/mol. The minimum atomic E-state index is 0.163. The highest BCUT2D eigenvalue weighted by Crippen LogP contribution is 2.09. The van der Waals surface area contributed by atoms with Crippen molar-refractivity contribution in [1.82, 2.24) is 19.8 Å². The standard InChI is InChI=1S/C12H20N4O/c1-10-14-5-6-15(10)7-8-16(11(2)17)12-3-4-13-9-12/h5-6,12-13H,3-4,7-9H2,1-2H3. The van der Waals surface area contributed by atoms with Gasteiger partial charge in [-0.05, 0) is 19.9 Å². The van der Waals surface area contributed by atoms with E-state index in [9.17, 15) is 4.79 Å². The molecule has 1 N–H and O–H groups in total. The van der Waals surface area contributed by atoms with E-state index in [1.807, 2.05) is 18.0 Å². The summed E-state index contributed by atoms with van der Waals surface area (Å²) in [5.74, 6) is 1.16. The van der Waals surface area contributed by atoms with Crippen molar-refractivity contribution in [3.8, 4) is 0 Å². The van der Waals surface area contributed by atoms with Gasteiger partial charge in [-0.1, -0.05) is 0 Å². The third-order valence-electron chi connectivity index (χ3n) is 3.38. The summed E-state index contributed by atoms with van der Waals surface area (Å²) in [6.45, 7) is 7.15. The molecule has 0 radical (unpaired) electrons. The van der Waals surface area contributed by atoms with Gasteiger partial charge in [0.2, 0.25) is 5.91 Å². The van der Waals surface area contributed by atoms with Gasteiger partial charge in [-0.3, -0.25) is 4.79 Å². The van der Waals surface area contributed by atoms with Crippen LogP contribution >= 0.6 is 0 Å². The summed E-state index contributed by atoms with van der Waals surface area (Å²) >= 11 is 0. The molecule has 0 spiro atoms. The minimum Gasteiger partial charge on any atom is -0.337 e. The Bertz CT molecular complexity index is 382. The van der Waals surface area contributed by atoms with Crippen LogP contribution in [0.25, 0.3) is 0 Å². The van der Waals surface area contributed by atoms with E-state index in [0.717, 1.165) is 38.4 Å². The monoisotopic (exact) mass is 236 g/mol. The molecule has 1 unspecified atom stereocenters. The normalized spacial score (nSPS) is 19.5. The number of hydrogen-bond donors (Lipinski definition) is 1. The number of imidazole rings is 1. The van der Waals surface area contributed by atoms with Crippen LogP contribution in [0.1, 0.15) is 19.2 Å². The summed E-state index contributed by atoms with van der Waals surface area (Å²) in [6, 6.07) is 0.358. The van der Waals surface area contributed by atoms with E-state index in [1.54, 1.807) is 13.1 Å². The highest BCUT2D eigenvalue weighted by Gasteiger charge is 2.23. The third-order valence-corrected chi connectivity index (χ3v) is 3.38.